The highest BCUT2D eigenvalue weighted by Gasteiger charge is 2.13. The van der Waals surface area contributed by atoms with Gasteiger partial charge in [-0.05, 0) is 43.4 Å². The monoisotopic (exact) mass is 237 g/mol. The largest absolute Gasteiger partial charge is 0.380 e. The Bertz CT molecular complexity index is 363. The van der Waals surface area contributed by atoms with Gasteiger partial charge in [0.1, 0.15) is 5.82 Å². The van der Waals surface area contributed by atoms with Crippen molar-refractivity contribution in [1.82, 2.24) is 5.32 Å². The smallest absolute Gasteiger partial charge is 0.129 e. The molecule has 2 rings (SSSR count). The first-order valence-electron chi connectivity index (χ1n) is 6.23. The molecule has 1 atom stereocenters. The minimum absolute atomic E-state index is 0.0882. The number of halogens is 1. The molecule has 1 saturated heterocycles. The van der Waals surface area contributed by atoms with Crippen molar-refractivity contribution in [1.29, 1.82) is 0 Å². The fourth-order valence-corrected chi connectivity index (χ4v) is 2.30. The van der Waals surface area contributed by atoms with E-state index in [1.54, 1.807) is 0 Å². The molecule has 17 heavy (non-hydrogen) atoms. The van der Waals surface area contributed by atoms with Crippen LogP contribution in [0.4, 0.5) is 4.39 Å². The molecule has 0 saturated carbocycles. The van der Waals surface area contributed by atoms with Crippen molar-refractivity contribution in [3.05, 3.63) is 34.6 Å². The lowest BCUT2D eigenvalue weighted by Crippen LogP contribution is -2.36. The van der Waals surface area contributed by atoms with Crippen molar-refractivity contribution in [2.75, 3.05) is 13.2 Å². The van der Waals surface area contributed by atoms with Crippen LogP contribution in [0.1, 0.15) is 29.5 Å². The van der Waals surface area contributed by atoms with E-state index in [-0.39, 0.29) is 5.82 Å². The zero-order valence-electron chi connectivity index (χ0n) is 10.6. The maximum absolute atomic E-state index is 13.5. The van der Waals surface area contributed by atoms with Crippen molar-refractivity contribution in [3.63, 3.8) is 0 Å². The SMILES string of the molecule is Cc1cc(CNC2CCCOC2)cc(C)c1F. The van der Waals surface area contributed by atoms with Gasteiger partial charge in [0.2, 0.25) is 0 Å². The van der Waals surface area contributed by atoms with Crippen molar-refractivity contribution < 1.29 is 9.13 Å². The normalized spacial score (nSPS) is 20.5. The minimum atomic E-state index is -0.0882. The summed E-state index contributed by atoms with van der Waals surface area (Å²) >= 11 is 0. The highest BCUT2D eigenvalue weighted by molar-refractivity contribution is 5.30. The summed E-state index contributed by atoms with van der Waals surface area (Å²) in [4.78, 5) is 0. The Morgan fingerprint density at radius 1 is 1.35 bits per heavy atom. The van der Waals surface area contributed by atoms with Crippen LogP contribution in [0.5, 0.6) is 0 Å². The van der Waals surface area contributed by atoms with Crippen LogP contribution in [0, 0.1) is 19.7 Å². The lowest BCUT2D eigenvalue weighted by molar-refractivity contribution is 0.0699. The Labute approximate surface area is 102 Å². The third kappa shape index (κ3) is 3.27. The summed E-state index contributed by atoms with van der Waals surface area (Å²) in [5.74, 6) is -0.0882. The number of ether oxygens (including phenoxy) is 1. The lowest BCUT2D eigenvalue weighted by Gasteiger charge is -2.23. The van der Waals surface area contributed by atoms with Gasteiger partial charge in [0, 0.05) is 19.2 Å². The van der Waals surface area contributed by atoms with Gasteiger partial charge in [0.15, 0.2) is 0 Å². The molecule has 94 valence electrons. The number of nitrogens with one attached hydrogen (secondary N) is 1. The number of aryl methyl sites for hydroxylation is 2. The molecule has 1 N–H and O–H groups in total. The lowest BCUT2D eigenvalue weighted by atomic mass is 10.1. The molecule has 1 aliphatic rings. The Balaban J connectivity index is 1.94. The molecule has 0 bridgehead atoms. The molecule has 1 heterocycles. The zero-order chi connectivity index (χ0) is 12.3. The Morgan fingerprint density at radius 3 is 2.65 bits per heavy atom. The first-order valence-corrected chi connectivity index (χ1v) is 6.23. The van der Waals surface area contributed by atoms with Crippen LogP contribution >= 0.6 is 0 Å². The van der Waals surface area contributed by atoms with Gasteiger partial charge in [-0.2, -0.15) is 0 Å². The molecule has 1 fully saturated rings. The van der Waals surface area contributed by atoms with E-state index in [1.165, 1.54) is 6.42 Å². The first-order chi connectivity index (χ1) is 8.16. The Morgan fingerprint density at radius 2 is 2.06 bits per heavy atom. The summed E-state index contributed by atoms with van der Waals surface area (Å²) in [7, 11) is 0. The second-order valence-electron chi connectivity index (χ2n) is 4.84. The molecule has 1 aromatic rings. The van der Waals surface area contributed by atoms with Gasteiger partial charge >= 0.3 is 0 Å². The van der Waals surface area contributed by atoms with E-state index < -0.39 is 0 Å². The van der Waals surface area contributed by atoms with Gasteiger partial charge in [-0.15, -0.1) is 0 Å². The van der Waals surface area contributed by atoms with Crippen molar-refractivity contribution in [2.24, 2.45) is 0 Å². The quantitative estimate of drug-likeness (QED) is 0.872. The summed E-state index contributed by atoms with van der Waals surface area (Å²) in [6.45, 7) is 6.09. The molecule has 0 aromatic heterocycles. The number of hydrogen-bond acceptors (Lipinski definition) is 2. The average Bonchev–Trinajstić information content (AvgIpc) is 2.34. The van der Waals surface area contributed by atoms with Crippen LogP contribution < -0.4 is 5.32 Å². The summed E-state index contributed by atoms with van der Waals surface area (Å²) in [6, 6.07) is 4.27. The zero-order valence-corrected chi connectivity index (χ0v) is 10.6. The summed E-state index contributed by atoms with van der Waals surface area (Å²) in [6.07, 6.45) is 2.29. The van der Waals surface area contributed by atoms with Crippen molar-refractivity contribution in [2.45, 2.75) is 39.3 Å². The Hall–Kier alpha value is -0.930. The molecule has 1 aliphatic heterocycles. The van der Waals surface area contributed by atoms with Gasteiger partial charge < -0.3 is 10.1 Å². The standard InChI is InChI=1S/C14H20FNO/c1-10-6-12(7-11(2)14(10)15)8-16-13-4-3-5-17-9-13/h6-7,13,16H,3-5,8-9H2,1-2H3. The number of benzene rings is 1. The second kappa shape index (κ2) is 5.61. The third-order valence-electron chi connectivity index (χ3n) is 3.25. The van der Waals surface area contributed by atoms with E-state index in [9.17, 15) is 4.39 Å². The van der Waals surface area contributed by atoms with Gasteiger partial charge in [-0.3, -0.25) is 0 Å². The fourth-order valence-electron chi connectivity index (χ4n) is 2.30. The van der Waals surface area contributed by atoms with Crippen LogP contribution in [0.2, 0.25) is 0 Å². The topological polar surface area (TPSA) is 21.3 Å². The van der Waals surface area contributed by atoms with E-state index in [2.05, 4.69) is 5.32 Å². The second-order valence-corrected chi connectivity index (χ2v) is 4.84. The maximum Gasteiger partial charge on any atom is 0.129 e. The van der Waals surface area contributed by atoms with E-state index in [1.807, 2.05) is 26.0 Å². The van der Waals surface area contributed by atoms with Gasteiger partial charge in [-0.25, -0.2) is 4.39 Å². The number of hydrogen-bond donors (Lipinski definition) is 1. The van der Waals surface area contributed by atoms with Crippen molar-refractivity contribution >= 4 is 0 Å². The van der Waals surface area contributed by atoms with E-state index >= 15 is 0 Å². The molecule has 1 unspecified atom stereocenters. The molecular formula is C14H20FNO. The minimum Gasteiger partial charge on any atom is -0.380 e. The van der Waals surface area contributed by atoms with Crippen molar-refractivity contribution in [3.8, 4) is 0 Å². The predicted octanol–water partition coefficient (Wildman–Crippen LogP) is 2.71. The highest BCUT2D eigenvalue weighted by atomic mass is 19.1. The van der Waals surface area contributed by atoms with Gasteiger partial charge in [0.25, 0.3) is 0 Å². The van der Waals surface area contributed by atoms with E-state index in [0.717, 1.165) is 42.9 Å². The molecule has 2 nitrogen and oxygen atoms in total. The van der Waals surface area contributed by atoms with Gasteiger partial charge in [-0.1, -0.05) is 12.1 Å². The highest BCUT2D eigenvalue weighted by Crippen LogP contribution is 2.15. The molecule has 0 spiro atoms. The average molecular weight is 237 g/mol. The molecule has 0 amide bonds. The molecule has 0 aliphatic carbocycles. The van der Waals surface area contributed by atoms with E-state index in [4.69, 9.17) is 4.74 Å². The van der Waals surface area contributed by atoms with Crippen LogP contribution in [-0.2, 0) is 11.3 Å². The van der Waals surface area contributed by atoms with E-state index in [0.29, 0.717) is 6.04 Å². The molecule has 0 radical (unpaired) electrons. The summed E-state index contributed by atoms with van der Waals surface area (Å²) in [5, 5.41) is 3.46. The van der Waals surface area contributed by atoms with Crippen LogP contribution in [0.15, 0.2) is 12.1 Å². The Kier molecular flexibility index (Phi) is 4.13. The summed E-state index contributed by atoms with van der Waals surface area (Å²) < 4.78 is 18.9. The van der Waals surface area contributed by atoms with Crippen LogP contribution in [0.25, 0.3) is 0 Å². The molecule has 1 aromatic carbocycles. The first kappa shape index (κ1) is 12.5. The molecule has 3 heteroatoms. The molecular weight excluding hydrogens is 217 g/mol. The van der Waals surface area contributed by atoms with Crippen LogP contribution in [-0.4, -0.2) is 19.3 Å². The maximum atomic E-state index is 13.5. The number of rotatable bonds is 3. The predicted molar refractivity (Wildman–Crippen MR) is 66.6 cm³/mol. The fraction of sp³-hybridized carbons (Fsp3) is 0.571. The van der Waals surface area contributed by atoms with Crippen LogP contribution in [0.3, 0.4) is 0 Å². The summed E-state index contributed by atoms with van der Waals surface area (Å²) in [5.41, 5.74) is 2.59. The third-order valence-corrected chi connectivity index (χ3v) is 3.25. The van der Waals surface area contributed by atoms with Gasteiger partial charge in [0.05, 0.1) is 6.61 Å².